The maximum Gasteiger partial charge on any atom is 0.231 e. The number of rotatable bonds is 6. The van der Waals surface area contributed by atoms with Gasteiger partial charge in [0.05, 0.1) is 12.0 Å². The minimum absolute atomic E-state index is 0.226. The lowest BCUT2D eigenvalue weighted by atomic mass is 10.3. The fourth-order valence-electron chi connectivity index (χ4n) is 1.86. The van der Waals surface area contributed by atoms with E-state index < -0.39 is 0 Å². The van der Waals surface area contributed by atoms with Gasteiger partial charge < -0.3 is 15.4 Å². The predicted molar refractivity (Wildman–Crippen MR) is 84.9 cm³/mol. The first kappa shape index (κ1) is 15.4. The highest BCUT2D eigenvalue weighted by molar-refractivity contribution is 7.99. The van der Waals surface area contributed by atoms with Crippen LogP contribution in [0.4, 0.5) is 11.9 Å². The van der Waals surface area contributed by atoms with Gasteiger partial charge in [-0.05, 0) is 37.7 Å². The van der Waals surface area contributed by atoms with Gasteiger partial charge in [-0.15, -0.1) is 0 Å². The molecule has 112 valence electrons. The number of benzene rings is 1. The largest absolute Gasteiger partial charge is 0.496 e. The molecule has 0 radical (unpaired) electrons. The summed E-state index contributed by atoms with van der Waals surface area (Å²) >= 11 is 1.41. The van der Waals surface area contributed by atoms with E-state index in [1.54, 1.807) is 7.11 Å². The zero-order valence-corrected chi connectivity index (χ0v) is 13.2. The molecule has 0 saturated carbocycles. The van der Waals surface area contributed by atoms with Gasteiger partial charge >= 0.3 is 0 Å². The first-order valence-electron chi connectivity index (χ1n) is 6.75. The molecule has 6 nitrogen and oxygen atoms in total. The van der Waals surface area contributed by atoms with Gasteiger partial charge in [-0.3, -0.25) is 0 Å². The molecular formula is C14H19N5OS. The van der Waals surface area contributed by atoms with Crippen molar-refractivity contribution in [3.05, 3.63) is 24.3 Å². The summed E-state index contributed by atoms with van der Waals surface area (Å²) < 4.78 is 5.33. The first-order chi connectivity index (χ1) is 10.2. The first-order valence-corrected chi connectivity index (χ1v) is 7.57. The van der Waals surface area contributed by atoms with Crippen molar-refractivity contribution in [2.75, 3.05) is 30.8 Å². The number of anilines is 2. The van der Waals surface area contributed by atoms with E-state index in [9.17, 15) is 0 Å². The maximum absolute atomic E-state index is 5.80. The van der Waals surface area contributed by atoms with E-state index in [-0.39, 0.29) is 5.95 Å². The van der Waals surface area contributed by atoms with Crippen molar-refractivity contribution in [1.82, 2.24) is 15.0 Å². The molecule has 7 heteroatoms. The van der Waals surface area contributed by atoms with Crippen molar-refractivity contribution in [3.8, 4) is 5.75 Å². The van der Waals surface area contributed by atoms with E-state index >= 15 is 0 Å². The second kappa shape index (κ2) is 7.12. The number of nitrogen functional groups attached to an aromatic ring is 1. The third-order valence-corrected chi connectivity index (χ3v) is 3.86. The zero-order chi connectivity index (χ0) is 15.2. The van der Waals surface area contributed by atoms with Crippen LogP contribution in [0.5, 0.6) is 5.75 Å². The topological polar surface area (TPSA) is 77.2 Å². The zero-order valence-electron chi connectivity index (χ0n) is 12.4. The lowest BCUT2D eigenvalue weighted by Gasteiger charge is -2.18. The van der Waals surface area contributed by atoms with Crippen LogP contribution in [-0.2, 0) is 0 Å². The molecule has 0 aliphatic carbocycles. The molecule has 0 amide bonds. The Morgan fingerprint density at radius 1 is 1.14 bits per heavy atom. The van der Waals surface area contributed by atoms with Crippen molar-refractivity contribution in [1.29, 1.82) is 0 Å². The van der Waals surface area contributed by atoms with Gasteiger partial charge in [0.2, 0.25) is 11.9 Å². The van der Waals surface area contributed by atoms with Crippen LogP contribution in [0, 0.1) is 0 Å². The van der Waals surface area contributed by atoms with Gasteiger partial charge in [0, 0.05) is 13.1 Å². The van der Waals surface area contributed by atoms with Crippen LogP contribution in [-0.4, -0.2) is 35.2 Å². The molecule has 0 atom stereocenters. The summed E-state index contributed by atoms with van der Waals surface area (Å²) in [5, 5.41) is 0.564. The summed E-state index contributed by atoms with van der Waals surface area (Å²) in [5.41, 5.74) is 5.80. The van der Waals surface area contributed by atoms with Crippen molar-refractivity contribution < 1.29 is 4.74 Å². The van der Waals surface area contributed by atoms with Crippen molar-refractivity contribution in [2.45, 2.75) is 23.9 Å². The van der Waals surface area contributed by atoms with Crippen LogP contribution in [0.25, 0.3) is 0 Å². The number of methoxy groups -OCH3 is 1. The van der Waals surface area contributed by atoms with Gasteiger partial charge in [0.1, 0.15) is 5.75 Å². The molecule has 1 aromatic heterocycles. The molecule has 0 aliphatic rings. The Morgan fingerprint density at radius 3 is 2.52 bits per heavy atom. The highest BCUT2D eigenvalue weighted by atomic mass is 32.2. The average Bonchev–Trinajstić information content (AvgIpc) is 2.48. The molecule has 0 fully saturated rings. The molecule has 2 aromatic rings. The molecule has 2 N–H and O–H groups in total. The summed E-state index contributed by atoms with van der Waals surface area (Å²) in [6.45, 7) is 5.74. The summed E-state index contributed by atoms with van der Waals surface area (Å²) in [5.74, 6) is 1.61. The van der Waals surface area contributed by atoms with Crippen molar-refractivity contribution in [2.24, 2.45) is 0 Å². The Kier molecular flexibility index (Phi) is 5.21. The second-order valence-electron chi connectivity index (χ2n) is 4.20. The SMILES string of the molecule is CCN(CC)c1nc(N)nc(Sc2ccccc2OC)n1. The predicted octanol–water partition coefficient (Wildman–Crippen LogP) is 2.46. The average molecular weight is 305 g/mol. The number of hydrogen-bond acceptors (Lipinski definition) is 7. The minimum Gasteiger partial charge on any atom is -0.496 e. The third-order valence-electron chi connectivity index (χ3n) is 2.94. The summed E-state index contributed by atoms with van der Waals surface area (Å²) in [6, 6.07) is 7.73. The van der Waals surface area contributed by atoms with Gasteiger partial charge in [0.15, 0.2) is 5.16 Å². The molecule has 2 rings (SSSR count). The van der Waals surface area contributed by atoms with E-state index in [2.05, 4.69) is 28.8 Å². The van der Waals surface area contributed by atoms with Crippen LogP contribution in [0.3, 0.4) is 0 Å². The molecule has 0 unspecified atom stereocenters. The smallest absolute Gasteiger partial charge is 0.231 e. The Labute approximate surface area is 128 Å². The molecule has 1 aromatic carbocycles. The van der Waals surface area contributed by atoms with Gasteiger partial charge in [-0.1, -0.05) is 12.1 Å². The molecular weight excluding hydrogens is 286 g/mol. The Hall–Kier alpha value is -2.02. The lowest BCUT2D eigenvalue weighted by molar-refractivity contribution is 0.405. The second-order valence-corrected chi connectivity index (χ2v) is 5.21. The van der Waals surface area contributed by atoms with Crippen molar-refractivity contribution >= 4 is 23.7 Å². The standard InChI is InChI=1S/C14H19N5OS/c1-4-19(5-2)13-16-12(15)17-14(18-13)21-11-9-7-6-8-10(11)20-3/h6-9H,4-5H2,1-3H3,(H2,15,16,17,18). The summed E-state index contributed by atoms with van der Waals surface area (Å²) in [6.07, 6.45) is 0. The van der Waals surface area contributed by atoms with E-state index in [4.69, 9.17) is 10.5 Å². The minimum atomic E-state index is 0.226. The van der Waals surface area contributed by atoms with Crippen LogP contribution in [0.2, 0.25) is 0 Å². The lowest BCUT2D eigenvalue weighted by Crippen LogP contribution is -2.25. The maximum atomic E-state index is 5.80. The number of nitrogens with zero attached hydrogens (tertiary/aromatic N) is 4. The third kappa shape index (κ3) is 3.75. The molecule has 0 saturated heterocycles. The number of ether oxygens (including phenoxy) is 1. The van der Waals surface area contributed by atoms with E-state index in [1.165, 1.54) is 11.8 Å². The van der Waals surface area contributed by atoms with Crippen LogP contribution in [0.15, 0.2) is 34.3 Å². The molecule has 0 aliphatic heterocycles. The van der Waals surface area contributed by atoms with Crippen LogP contribution < -0.4 is 15.4 Å². The number of hydrogen-bond donors (Lipinski definition) is 1. The van der Waals surface area contributed by atoms with Crippen molar-refractivity contribution in [3.63, 3.8) is 0 Å². The summed E-state index contributed by atoms with van der Waals surface area (Å²) in [4.78, 5) is 15.8. The fourth-order valence-corrected chi connectivity index (χ4v) is 2.72. The fraction of sp³-hybridized carbons (Fsp3) is 0.357. The quantitative estimate of drug-likeness (QED) is 0.878. The Bertz CT molecular complexity index is 604. The van der Waals surface area contributed by atoms with E-state index in [1.807, 2.05) is 29.2 Å². The number of aromatic nitrogens is 3. The normalized spacial score (nSPS) is 10.4. The Balaban J connectivity index is 2.32. The highest BCUT2D eigenvalue weighted by Gasteiger charge is 2.12. The van der Waals surface area contributed by atoms with E-state index in [0.29, 0.717) is 11.1 Å². The highest BCUT2D eigenvalue weighted by Crippen LogP contribution is 2.33. The van der Waals surface area contributed by atoms with Gasteiger partial charge in [-0.2, -0.15) is 15.0 Å². The van der Waals surface area contributed by atoms with Crippen LogP contribution in [0.1, 0.15) is 13.8 Å². The Morgan fingerprint density at radius 2 is 1.86 bits per heavy atom. The van der Waals surface area contributed by atoms with Gasteiger partial charge in [-0.25, -0.2) is 0 Å². The van der Waals surface area contributed by atoms with Crippen LogP contribution >= 0.6 is 11.8 Å². The number of nitrogens with two attached hydrogens (primary N) is 1. The molecule has 0 bridgehead atoms. The number of para-hydroxylation sites is 1. The van der Waals surface area contributed by atoms with Gasteiger partial charge in [0.25, 0.3) is 0 Å². The van der Waals surface area contributed by atoms with E-state index in [0.717, 1.165) is 23.7 Å². The molecule has 21 heavy (non-hydrogen) atoms. The molecule has 0 spiro atoms. The molecule has 1 heterocycles. The summed E-state index contributed by atoms with van der Waals surface area (Å²) in [7, 11) is 1.64. The monoisotopic (exact) mass is 305 g/mol.